The van der Waals surface area contributed by atoms with Crippen LogP contribution in [-0.4, -0.2) is 21.3 Å². The zero-order valence-electron chi connectivity index (χ0n) is 9.80. The van der Waals surface area contributed by atoms with Crippen LogP contribution in [0.3, 0.4) is 0 Å². The Bertz CT molecular complexity index is 546. The number of nitrogens with zero attached hydrogens (tertiary/aromatic N) is 4. The molecule has 0 fully saturated rings. The quantitative estimate of drug-likeness (QED) is 0.746. The highest BCUT2D eigenvalue weighted by Crippen LogP contribution is 2.28. The highest BCUT2D eigenvalue weighted by molar-refractivity contribution is 5.70. The third kappa shape index (κ3) is 1.63. The van der Waals surface area contributed by atoms with Gasteiger partial charge in [-0.25, -0.2) is 0 Å². The van der Waals surface area contributed by atoms with Gasteiger partial charge in [-0.2, -0.15) is 0 Å². The molecule has 0 unspecified atom stereocenters. The van der Waals surface area contributed by atoms with Crippen LogP contribution in [0.25, 0.3) is 0 Å². The molecular formula is C12H15N5. The maximum absolute atomic E-state index is 6.12. The van der Waals surface area contributed by atoms with Gasteiger partial charge in [0.25, 0.3) is 0 Å². The highest BCUT2D eigenvalue weighted by Gasteiger charge is 2.19. The van der Waals surface area contributed by atoms with Gasteiger partial charge in [-0.05, 0) is 18.6 Å². The number of nitrogens with two attached hydrogens (primary N) is 1. The number of nitrogen functional groups attached to an aromatic ring is 1. The van der Waals surface area contributed by atoms with E-state index in [4.69, 9.17) is 5.73 Å². The van der Waals surface area contributed by atoms with E-state index < -0.39 is 0 Å². The van der Waals surface area contributed by atoms with E-state index in [0.717, 1.165) is 42.4 Å². The Morgan fingerprint density at radius 2 is 2.18 bits per heavy atom. The fourth-order valence-electron chi connectivity index (χ4n) is 2.21. The summed E-state index contributed by atoms with van der Waals surface area (Å²) in [6.07, 6.45) is 1.78. The minimum atomic E-state index is 0.771. The summed E-state index contributed by atoms with van der Waals surface area (Å²) in [6.45, 7) is 4.66. The van der Waals surface area contributed by atoms with E-state index in [1.165, 1.54) is 0 Å². The number of para-hydroxylation sites is 1. The summed E-state index contributed by atoms with van der Waals surface area (Å²) in [7, 11) is 0. The largest absolute Gasteiger partial charge is 0.397 e. The molecule has 0 amide bonds. The SMILES string of the molecule is Cc1cccc(N2CCn3cnnc3C2)c1N. The second-order valence-electron chi connectivity index (χ2n) is 4.37. The minimum Gasteiger partial charge on any atom is -0.397 e. The summed E-state index contributed by atoms with van der Waals surface area (Å²) in [6, 6.07) is 6.14. The molecule has 0 saturated heterocycles. The van der Waals surface area contributed by atoms with E-state index in [-0.39, 0.29) is 0 Å². The van der Waals surface area contributed by atoms with E-state index in [0.29, 0.717) is 0 Å². The Hall–Kier alpha value is -2.04. The molecule has 0 bridgehead atoms. The van der Waals surface area contributed by atoms with Gasteiger partial charge in [0.05, 0.1) is 17.9 Å². The van der Waals surface area contributed by atoms with Crippen molar-refractivity contribution < 1.29 is 0 Å². The Morgan fingerprint density at radius 1 is 1.29 bits per heavy atom. The van der Waals surface area contributed by atoms with Crippen LogP contribution in [0.15, 0.2) is 24.5 Å². The Labute approximate surface area is 99.9 Å². The molecule has 0 aliphatic carbocycles. The predicted octanol–water partition coefficient (Wildman–Crippen LogP) is 1.19. The van der Waals surface area contributed by atoms with E-state index >= 15 is 0 Å². The van der Waals surface area contributed by atoms with Gasteiger partial charge in [0.2, 0.25) is 0 Å². The van der Waals surface area contributed by atoms with Crippen molar-refractivity contribution in [3.8, 4) is 0 Å². The molecule has 1 aromatic heterocycles. The molecular weight excluding hydrogens is 214 g/mol. The van der Waals surface area contributed by atoms with Crippen LogP contribution in [0, 0.1) is 6.92 Å². The lowest BCUT2D eigenvalue weighted by molar-refractivity contribution is 0.560. The molecule has 0 spiro atoms. The lowest BCUT2D eigenvalue weighted by atomic mass is 10.1. The van der Waals surface area contributed by atoms with E-state index in [1.807, 2.05) is 19.1 Å². The summed E-state index contributed by atoms with van der Waals surface area (Å²) in [4.78, 5) is 2.26. The summed E-state index contributed by atoms with van der Waals surface area (Å²) in [5.74, 6) is 0.997. The average molecular weight is 229 g/mol. The van der Waals surface area contributed by atoms with Crippen LogP contribution in [-0.2, 0) is 13.1 Å². The number of hydrogen-bond acceptors (Lipinski definition) is 4. The summed E-state index contributed by atoms with van der Waals surface area (Å²) in [5, 5.41) is 8.04. The third-order valence-corrected chi connectivity index (χ3v) is 3.28. The first-order valence-electron chi connectivity index (χ1n) is 5.72. The fraction of sp³-hybridized carbons (Fsp3) is 0.333. The van der Waals surface area contributed by atoms with Crippen LogP contribution < -0.4 is 10.6 Å². The second kappa shape index (κ2) is 3.76. The summed E-state index contributed by atoms with van der Waals surface area (Å²) in [5.41, 5.74) is 9.20. The first kappa shape index (κ1) is 10.1. The predicted molar refractivity (Wildman–Crippen MR) is 66.7 cm³/mol. The van der Waals surface area contributed by atoms with Crippen LogP contribution in [0.1, 0.15) is 11.4 Å². The number of hydrogen-bond donors (Lipinski definition) is 1. The molecule has 1 aliphatic rings. The zero-order chi connectivity index (χ0) is 11.8. The standard InChI is InChI=1S/C12H15N5/c1-9-3-2-4-10(12(9)13)16-5-6-17-8-14-15-11(17)7-16/h2-4,8H,5-7,13H2,1H3. The zero-order valence-corrected chi connectivity index (χ0v) is 9.80. The minimum absolute atomic E-state index is 0.771. The molecule has 88 valence electrons. The first-order chi connectivity index (χ1) is 8.25. The Morgan fingerprint density at radius 3 is 3.06 bits per heavy atom. The molecule has 2 aromatic rings. The summed E-state index contributed by atoms with van der Waals surface area (Å²) < 4.78 is 2.09. The van der Waals surface area contributed by atoms with E-state index in [1.54, 1.807) is 6.33 Å². The average Bonchev–Trinajstić information content (AvgIpc) is 2.79. The fourth-order valence-corrected chi connectivity index (χ4v) is 2.21. The van der Waals surface area contributed by atoms with Crippen LogP contribution in [0.5, 0.6) is 0 Å². The van der Waals surface area contributed by atoms with Gasteiger partial charge in [0, 0.05) is 13.1 Å². The maximum Gasteiger partial charge on any atom is 0.152 e. The molecule has 5 nitrogen and oxygen atoms in total. The van der Waals surface area contributed by atoms with Crippen molar-refractivity contribution >= 4 is 11.4 Å². The van der Waals surface area contributed by atoms with Gasteiger partial charge in [0.1, 0.15) is 6.33 Å². The number of aryl methyl sites for hydroxylation is 1. The first-order valence-corrected chi connectivity index (χ1v) is 5.72. The molecule has 0 radical (unpaired) electrons. The molecule has 2 N–H and O–H groups in total. The van der Waals surface area contributed by atoms with Crippen molar-refractivity contribution in [1.29, 1.82) is 0 Å². The lowest BCUT2D eigenvalue weighted by Crippen LogP contribution is -2.34. The van der Waals surface area contributed by atoms with E-state index in [9.17, 15) is 0 Å². The number of anilines is 2. The molecule has 17 heavy (non-hydrogen) atoms. The van der Waals surface area contributed by atoms with Crippen molar-refractivity contribution in [3.05, 3.63) is 35.9 Å². The third-order valence-electron chi connectivity index (χ3n) is 3.28. The molecule has 2 heterocycles. The van der Waals surface area contributed by atoms with Gasteiger partial charge >= 0.3 is 0 Å². The molecule has 0 atom stereocenters. The maximum atomic E-state index is 6.12. The van der Waals surface area contributed by atoms with E-state index in [2.05, 4.69) is 25.7 Å². The summed E-state index contributed by atoms with van der Waals surface area (Å²) >= 11 is 0. The highest BCUT2D eigenvalue weighted by atomic mass is 15.3. The van der Waals surface area contributed by atoms with Crippen molar-refractivity contribution in [2.24, 2.45) is 0 Å². The van der Waals surface area contributed by atoms with Gasteiger partial charge in [-0.3, -0.25) is 0 Å². The lowest BCUT2D eigenvalue weighted by Gasteiger charge is -2.30. The van der Waals surface area contributed by atoms with Gasteiger partial charge in [-0.1, -0.05) is 12.1 Å². The number of fused-ring (bicyclic) bond motifs is 1. The Kier molecular flexibility index (Phi) is 2.24. The van der Waals surface area contributed by atoms with Gasteiger partial charge in [0.15, 0.2) is 5.82 Å². The molecule has 5 heteroatoms. The van der Waals surface area contributed by atoms with Gasteiger partial charge < -0.3 is 15.2 Å². The Balaban J connectivity index is 1.94. The molecule has 1 aliphatic heterocycles. The molecule has 1 aromatic carbocycles. The number of rotatable bonds is 1. The second-order valence-corrected chi connectivity index (χ2v) is 4.37. The number of benzene rings is 1. The molecule has 0 saturated carbocycles. The topological polar surface area (TPSA) is 60.0 Å². The van der Waals surface area contributed by atoms with Crippen LogP contribution in [0.2, 0.25) is 0 Å². The van der Waals surface area contributed by atoms with Crippen molar-refractivity contribution in [3.63, 3.8) is 0 Å². The van der Waals surface area contributed by atoms with Gasteiger partial charge in [-0.15, -0.1) is 10.2 Å². The van der Waals surface area contributed by atoms with Crippen molar-refractivity contribution in [1.82, 2.24) is 14.8 Å². The smallest absolute Gasteiger partial charge is 0.152 e. The number of aromatic nitrogens is 3. The van der Waals surface area contributed by atoms with Crippen molar-refractivity contribution in [2.45, 2.75) is 20.0 Å². The van der Waals surface area contributed by atoms with Crippen LogP contribution >= 0.6 is 0 Å². The van der Waals surface area contributed by atoms with Crippen molar-refractivity contribution in [2.75, 3.05) is 17.2 Å². The monoisotopic (exact) mass is 229 g/mol. The normalized spacial score (nSPS) is 14.8. The van der Waals surface area contributed by atoms with Crippen LogP contribution in [0.4, 0.5) is 11.4 Å². The molecule has 3 rings (SSSR count).